The zero-order valence-corrected chi connectivity index (χ0v) is 11.4. The number of benzene rings is 1. The van der Waals surface area contributed by atoms with Crippen molar-refractivity contribution in [2.45, 2.75) is 33.1 Å². The Balaban J connectivity index is 1.83. The fourth-order valence-electron chi connectivity index (χ4n) is 1.96. The number of ether oxygens (including phenoxy) is 1. The van der Waals surface area contributed by atoms with Crippen LogP contribution in [0.2, 0.25) is 0 Å². The van der Waals surface area contributed by atoms with Gasteiger partial charge in [0.2, 0.25) is 0 Å². The van der Waals surface area contributed by atoms with Gasteiger partial charge in [-0.25, -0.2) is 0 Å². The Labute approximate surface area is 113 Å². The molecule has 0 atom stereocenters. The highest BCUT2D eigenvalue weighted by Gasteiger charge is 2.27. The van der Waals surface area contributed by atoms with E-state index in [0.29, 0.717) is 0 Å². The van der Waals surface area contributed by atoms with E-state index in [4.69, 9.17) is 4.74 Å². The van der Waals surface area contributed by atoms with Gasteiger partial charge in [-0.1, -0.05) is 18.6 Å². The highest BCUT2D eigenvalue weighted by atomic mass is 16.5. The van der Waals surface area contributed by atoms with Gasteiger partial charge in [0.1, 0.15) is 0 Å². The number of carbonyl (C=O) groups excluding carboxylic acids is 2. The van der Waals surface area contributed by atoms with Crippen LogP contribution in [0, 0.1) is 19.8 Å². The van der Waals surface area contributed by atoms with Crippen LogP contribution in [0.4, 0.5) is 5.69 Å². The van der Waals surface area contributed by atoms with Crippen molar-refractivity contribution in [3.8, 4) is 0 Å². The Kier molecular flexibility index (Phi) is 4.20. The topological polar surface area (TPSA) is 55.4 Å². The lowest BCUT2D eigenvalue weighted by Gasteiger charge is -2.22. The van der Waals surface area contributed by atoms with Gasteiger partial charge in [-0.3, -0.25) is 9.59 Å². The molecule has 0 radical (unpaired) electrons. The minimum absolute atomic E-state index is 0.00788. The normalized spacial score (nSPS) is 14.6. The van der Waals surface area contributed by atoms with Gasteiger partial charge < -0.3 is 10.1 Å². The Hall–Kier alpha value is -1.84. The highest BCUT2D eigenvalue weighted by molar-refractivity contribution is 5.93. The zero-order chi connectivity index (χ0) is 13.8. The largest absolute Gasteiger partial charge is 0.455 e. The molecule has 1 N–H and O–H groups in total. The van der Waals surface area contributed by atoms with Gasteiger partial charge in [0.15, 0.2) is 6.61 Å². The lowest BCUT2D eigenvalue weighted by atomic mass is 9.86. The molecule has 4 nitrogen and oxygen atoms in total. The molecule has 4 heteroatoms. The van der Waals surface area contributed by atoms with Crippen LogP contribution < -0.4 is 5.32 Å². The summed E-state index contributed by atoms with van der Waals surface area (Å²) in [5.41, 5.74) is 2.83. The lowest BCUT2D eigenvalue weighted by molar-refractivity contribution is -0.154. The van der Waals surface area contributed by atoms with Crippen LogP contribution in [0.5, 0.6) is 0 Å². The van der Waals surface area contributed by atoms with Crippen LogP contribution in [0.15, 0.2) is 18.2 Å². The average molecular weight is 261 g/mol. The molecule has 0 aromatic heterocycles. The predicted molar refractivity (Wildman–Crippen MR) is 72.8 cm³/mol. The number of anilines is 1. The summed E-state index contributed by atoms with van der Waals surface area (Å²) in [6.45, 7) is 3.68. The van der Waals surface area contributed by atoms with Gasteiger partial charge in [0, 0.05) is 5.69 Å². The van der Waals surface area contributed by atoms with E-state index in [1.165, 1.54) is 0 Å². The van der Waals surface area contributed by atoms with Crippen molar-refractivity contribution in [3.05, 3.63) is 29.3 Å². The zero-order valence-electron chi connectivity index (χ0n) is 11.4. The summed E-state index contributed by atoms with van der Waals surface area (Å²) in [6.07, 6.45) is 2.85. The third kappa shape index (κ3) is 3.56. The van der Waals surface area contributed by atoms with Crippen LogP contribution in [-0.4, -0.2) is 18.5 Å². The van der Waals surface area contributed by atoms with Gasteiger partial charge in [-0.2, -0.15) is 0 Å². The van der Waals surface area contributed by atoms with Crippen LogP contribution in [0.3, 0.4) is 0 Å². The fourth-order valence-corrected chi connectivity index (χ4v) is 1.96. The van der Waals surface area contributed by atoms with E-state index in [2.05, 4.69) is 5.32 Å². The molecule has 1 aliphatic carbocycles. The number of esters is 1. The maximum atomic E-state index is 11.7. The van der Waals surface area contributed by atoms with E-state index in [-0.39, 0.29) is 24.4 Å². The van der Waals surface area contributed by atoms with Crippen LogP contribution in [-0.2, 0) is 14.3 Å². The SMILES string of the molecule is Cc1ccc(C)c(NC(=O)COC(=O)C2CCC2)c1. The summed E-state index contributed by atoms with van der Waals surface area (Å²) in [4.78, 5) is 23.2. The third-order valence-corrected chi connectivity index (χ3v) is 3.45. The van der Waals surface area contributed by atoms with E-state index in [1.54, 1.807) is 0 Å². The minimum atomic E-state index is -0.290. The maximum Gasteiger partial charge on any atom is 0.309 e. The van der Waals surface area contributed by atoms with Crippen LogP contribution >= 0.6 is 0 Å². The molecule has 1 fully saturated rings. The molecule has 0 unspecified atom stereocenters. The first-order chi connectivity index (χ1) is 9.06. The molecule has 0 heterocycles. The standard InChI is InChI=1S/C15H19NO3/c1-10-6-7-11(2)13(8-10)16-14(17)9-19-15(18)12-4-3-5-12/h6-8,12H,3-5,9H2,1-2H3,(H,16,17). The molecule has 0 aliphatic heterocycles. The molecular formula is C15H19NO3. The van der Waals surface area contributed by atoms with Crippen molar-refractivity contribution >= 4 is 17.6 Å². The molecule has 1 saturated carbocycles. The van der Waals surface area contributed by atoms with E-state index >= 15 is 0 Å². The molecule has 0 saturated heterocycles. The van der Waals surface area contributed by atoms with Crippen molar-refractivity contribution in [2.24, 2.45) is 5.92 Å². The van der Waals surface area contributed by atoms with E-state index in [1.807, 2.05) is 32.0 Å². The Morgan fingerprint density at radius 3 is 2.68 bits per heavy atom. The number of carbonyl (C=O) groups is 2. The highest BCUT2D eigenvalue weighted by Crippen LogP contribution is 2.27. The van der Waals surface area contributed by atoms with Crippen molar-refractivity contribution in [3.63, 3.8) is 0 Å². The molecule has 2 rings (SSSR count). The molecule has 19 heavy (non-hydrogen) atoms. The minimum Gasteiger partial charge on any atom is -0.455 e. The summed E-state index contributed by atoms with van der Waals surface area (Å²) >= 11 is 0. The number of nitrogens with one attached hydrogen (secondary N) is 1. The number of hydrogen-bond acceptors (Lipinski definition) is 3. The molecule has 102 valence electrons. The average Bonchev–Trinajstić information content (AvgIpc) is 2.29. The second-order valence-electron chi connectivity index (χ2n) is 5.10. The first kappa shape index (κ1) is 13.6. The summed E-state index contributed by atoms with van der Waals surface area (Å²) < 4.78 is 5.00. The van der Waals surface area contributed by atoms with Crippen molar-refractivity contribution < 1.29 is 14.3 Å². The Morgan fingerprint density at radius 1 is 1.32 bits per heavy atom. The number of hydrogen-bond donors (Lipinski definition) is 1. The Morgan fingerprint density at radius 2 is 2.05 bits per heavy atom. The summed E-state index contributed by atoms with van der Waals surface area (Å²) in [5.74, 6) is -0.530. The van der Waals surface area contributed by atoms with Gasteiger partial charge >= 0.3 is 5.97 Å². The number of amides is 1. The molecule has 0 spiro atoms. The number of aryl methyl sites for hydroxylation is 2. The van der Waals surface area contributed by atoms with E-state index in [0.717, 1.165) is 36.1 Å². The lowest BCUT2D eigenvalue weighted by Crippen LogP contribution is -2.28. The van der Waals surface area contributed by atoms with Crippen LogP contribution in [0.1, 0.15) is 30.4 Å². The predicted octanol–water partition coefficient (Wildman–Crippen LogP) is 2.59. The van der Waals surface area contributed by atoms with Gasteiger partial charge in [-0.15, -0.1) is 0 Å². The van der Waals surface area contributed by atoms with E-state index < -0.39 is 0 Å². The second-order valence-corrected chi connectivity index (χ2v) is 5.10. The van der Waals surface area contributed by atoms with Gasteiger partial charge in [0.05, 0.1) is 5.92 Å². The van der Waals surface area contributed by atoms with E-state index in [9.17, 15) is 9.59 Å². The summed E-state index contributed by atoms with van der Waals surface area (Å²) in [5, 5.41) is 2.77. The summed E-state index contributed by atoms with van der Waals surface area (Å²) in [6, 6.07) is 5.84. The van der Waals surface area contributed by atoms with Crippen LogP contribution in [0.25, 0.3) is 0 Å². The monoisotopic (exact) mass is 261 g/mol. The van der Waals surface area contributed by atoms with Crippen molar-refractivity contribution in [1.29, 1.82) is 0 Å². The first-order valence-electron chi connectivity index (χ1n) is 6.60. The van der Waals surface area contributed by atoms with Gasteiger partial charge in [-0.05, 0) is 43.9 Å². The number of rotatable bonds is 4. The summed E-state index contributed by atoms with van der Waals surface area (Å²) in [7, 11) is 0. The maximum absolute atomic E-state index is 11.7. The smallest absolute Gasteiger partial charge is 0.309 e. The molecular weight excluding hydrogens is 242 g/mol. The fraction of sp³-hybridized carbons (Fsp3) is 0.467. The molecule has 1 aromatic rings. The third-order valence-electron chi connectivity index (χ3n) is 3.45. The molecule has 1 aliphatic rings. The van der Waals surface area contributed by atoms with Crippen molar-refractivity contribution in [1.82, 2.24) is 0 Å². The second kappa shape index (κ2) is 5.87. The van der Waals surface area contributed by atoms with Gasteiger partial charge in [0.25, 0.3) is 5.91 Å². The van der Waals surface area contributed by atoms with Crippen molar-refractivity contribution in [2.75, 3.05) is 11.9 Å². The molecule has 1 aromatic carbocycles. The quantitative estimate of drug-likeness (QED) is 0.847. The molecule has 1 amide bonds. The molecule has 0 bridgehead atoms. The Bertz CT molecular complexity index is 492. The first-order valence-corrected chi connectivity index (χ1v) is 6.60.